The molecule has 1 saturated heterocycles. The highest BCUT2D eigenvalue weighted by atomic mass is 32.2. The lowest BCUT2D eigenvalue weighted by Crippen LogP contribution is -2.47. The van der Waals surface area contributed by atoms with Gasteiger partial charge >= 0.3 is 5.97 Å². The summed E-state index contributed by atoms with van der Waals surface area (Å²) >= 11 is 2.01. The molecule has 5 nitrogen and oxygen atoms in total. The number of aromatic nitrogens is 1. The van der Waals surface area contributed by atoms with Crippen LogP contribution in [0.4, 0.5) is 0 Å². The van der Waals surface area contributed by atoms with E-state index < -0.39 is 0 Å². The van der Waals surface area contributed by atoms with Gasteiger partial charge < -0.3 is 14.2 Å². The minimum absolute atomic E-state index is 0.0321. The second kappa shape index (κ2) is 10.4. The van der Waals surface area contributed by atoms with E-state index >= 15 is 0 Å². The highest BCUT2D eigenvalue weighted by Gasteiger charge is 2.35. The van der Waals surface area contributed by atoms with Gasteiger partial charge in [0.1, 0.15) is 6.10 Å². The molecule has 0 N–H and O–H groups in total. The lowest BCUT2D eigenvalue weighted by Gasteiger charge is -2.42. The average Bonchev–Trinajstić information content (AvgIpc) is 2.74. The first-order valence-corrected chi connectivity index (χ1v) is 12.9. The number of hydrogen-bond donors (Lipinski definition) is 0. The Balaban J connectivity index is 1.27. The summed E-state index contributed by atoms with van der Waals surface area (Å²) in [5.41, 5.74) is 1.29. The van der Waals surface area contributed by atoms with Crippen LogP contribution < -0.4 is 5.56 Å². The molecule has 0 radical (unpaired) electrons. The molecule has 0 spiro atoms. The number of unbranched alkanes of at least 4 members (excludes halogenated alkanes) is 1. The zero-order valence-corrected chi connectivity index (χ0v) is 19.1. The largest absolute Gasteiger partial charge is 0.461 e. The zero-order valence-electron chi connectivity index (χ0n) is 18.3. The molecular weight excluding hydrogens is 396 g/mol. The third-order valence-electron chi connectivity index (χ3n) is 6.94. The van der Waals surface area contributed by atoms with Crippen molar-refractivity contribution in [3.8, 4) is 0 Å². The number of pyridine rings is 1. The maximum Gasteiger partial charge on any atom is 0.307 e. The maximum absolute atomic E-state index is 12.6. The van der Waals surface area contributed by atoms with E-state index in [1.54, 1.807) is 6.07 Å². The normalized spacial score (nSPS) is 28.7. The van der Waals surface area contributed by atoms with Gasteiger partial charge in [-0.3, -0.25) is 9.59 Å². The molecule has 2 unspecified atom stereocenters. The predicted molar refractivity (Wildman–Crippen MR) is 122 cm³/mol. The standard InChI is InChI=1S/C24H36N2O3S/c1-2-3-13-30-22-9-5-4-8-21(22)29-24(28)11-12-25-15-18-14-19(17-25)20-7-6-10-23(27)26(20)16-18/h6-7,10,18-19,21-22H,2-5,8-9,11-17H2,1H3/t18-,19+,21?,22?/m1/s1. The van der Waals surface area contributed by atoms with Gasteiger partial charge in [-0.15, -0.1) is 0 Å². The molecule has 0 amide bonds. The van der Waals surface area contributed by atoms with Crippen molar-refractivity contribution in [1.29, 1.82) is 0 Å². The first-order valence-electron chi connectivity index (χ1n) is 11.9. The highest BCUT2D eigenvalue weighted by Crippen LogP contribution is 2.35. The molecule has 1 saturated carbocycles. The third kappa shape index (κ3) is 5.31. The number of likely N-dealkylation sites (tertiary alicyclic amines) is 1. The second-order valence-corrected chi connectivity index (χ2v) is 10.6. The molecule has 1 aromatic rings. The summed E-state index contributed by atoms with van der Waals surface area (Å²) in [5.74, 6) is 2.05. The van der Waals surface area contributed by atoms with Crippen molar-refractivity contribution < 1.29 is 9.53 Å². The molecule has 4 atom stereocenters. The van der Waals surface area contributed by atoms with Crippen LogP contribution in [0.5, 0.6) is 0 Å². The molecule has 3 aliphatic rings. The van der Waals surface area contributed by atoms with Gasteiger partial charge in [-0.05, 0) is 49.8 Å². The quantitative estimate of drug-likeness (QED) is 0.458. The molecule has 1 aliphatic carbocycles. The molecule has 30 heavy (non-hydrogen) atoms. The van der Waals surface area contributed by atoms with Crippen molar-refractivity contribution in [1.82, 2.24) is 9.47 Å². The first kappa shape index (κ1) is 21.9. The smallest absolute Gasteiger partial charge is 0.307 e. The van der Waals surface area contributed by atoms with Crippen molar-refractivity contribution in [2.45, 2.75) is 82.1 Å². The maximum atomic E-state index is 12.6. The summed E-state index contributed by atoms with van der Waals surface area (Å²) in [4.78, 5) is 27.2. The number of carbonyl (C=O) groups excluding carboxylic acids is 1. The van der Waals surface area contributed by atoms with E-state index in [-0.39, 0.29) is 17.6 Å². The summed E-state index contributed by atoms with van der Waals surface area (Å²) in [7, 11) is 0. The van der Waals surface area contributed by atoms with Gasteiger partial charge in [0.15, 0.2) is 0 Å². The summed E-state index contributed by atoms with van der Waals surface area (Å²) in [5, 5.41) is 0.485. The summed E-state index contributed by atoms with van der Waals surface area (Å²) in [6.07, 6.45) is 8.85. The molecule has 0 aromatic carbocycles. The average molecular weight is 433 g/mol. The molecule has 166 valence electrons. The van der Waals surface area contributed by atoms with Crippen molar-refractivity contribution in [2.24, 2.45) is 5.92 Å². The number of fused-ring (bicyclic) bond motifs is 4. The monoisotopic (exact) mass is 432 g/mol. The summed E-state index contributed by atoms with van der Waals surface area (Å²) < 4.78 is 7.92. The lowest BCUT2D eigenvalue weighted by molar-refractivity contribution is -0.150. The SMILES string of the molecule is CCCCSC1CCCCC1OC(=O)CCN1C[C@H]2C[C@@H](C1)c1cccc(=O)n1C2. The van der Waals surface area contributed by atoms with Gasteiger partial charge in [0.2, 0.25) is 0 Å². The van der Waals surface area contributed by atoms with Crippen molar-refractivity contribution >= 4 is 17.7 Å². The number of carbonyl (C=O) groups is 1. The fourth-order valence-electron chi connectivity index (χ4n) is 5.42. The van der Waals surface area contributed by atoms with Gasteiger partial charge in [0, 0.05) is 49.1 Å². The summed E-state index contributed by atoms with van der Waals surface area (Å²) in [6.45, 7) is 5.72. The Morgan fingerprint density at radius 3 is 2.93 bits per heavy atom. The molecule has 1 aromatic heterocycles. The van der Waals surface area contributed by atoms with Crippen LogP contribution in [0.1, 0.15) is 69.9 Å². The summed E-state index contributed by atoms with van der Waals surface area (Å²) in [6, 6.07) is 5.64. The van der Waals surface area contributed by atoms with E-state index in [1.807, 2.05) is 22.4 Å². The van der Waals surface area contributed by atoms with E-state index in [0.29, 0.717) is 23.5 Å². The van der Waals surface area contributed by atoms with Crippen LogP contribution in [0.15, 0.2) is 23.0 Å². The Labute approximate surface area is 184 Å². The Morgan fingerprint density at radius 2 is 2.07 bits per heavy atom. The highest BCUT2D eigenvalue weighted by molar-refractivity contribution is 7.99. The van der Waals surface area contributed by atoms with Gasteiger partial charge in [-0.25, -0.2) is 0 Å². The van der Waals surface area contributed by atoms with Crippen LogP contribution in [0.25, 0.3) is 0 Å². The molecule has 2 aliphatic heterocycles. The molecule has 4 rings (SSSR count). The third-order valence-corrected chi connectivity index (χ3v) is 8.43. The molecule has 2 bridgehead atoms. The van der Waals surface area contributed by atoms with E-state index in [2.05, 4.69) is 17.9 Å². The lowest BCUT2D eigenvalue weighted by atomic mass is 9.83. The topological polar surface area (TPSA) is 51.5 Å². The van der Waals surface area contributed by atoms with Gasteiger partial charge in [-0.2, -0.15) is 11.8 Å². The fourth-order valence-corrected chi connectivity index (χ4v) is 6.92. The van der Waals surface area contributed by atoms with Gasteiger partial charge in [-0.1, -0.05) is 25.8 Å². The molecular formula is C24H36N2O3S. The van der Waals surface area contributed by atoms with Crippen LogP contribution in [-0.2, 0) is 16.1 Å². The Hall–Kier alpha value is -1.27. The first-order chi connectivity index (χ1) is 14.6. The van der Waals surface area contributed by atoms with Crippen molar-refractivity contribution in [2.75, 3.05) is 25.4 Å². The van der Waals surface area contributed by atoms with Crippen LogP contribution in [-0.4, -0.2) is 52.2 Å². The minimum Gasteiger partial charge on any atom is -0.461 e. The van der Waals surface area contributed by atoms with Gasteiger partial charge in [0.25, 0.3) is 5.56 Å². The van der Waals surface area contributed by atoms with Crippen LogP contribution in [0.2, 0.25) is 0 Å². The number of ether oxygens (including phenoxy) is 1. The van der Waals surface area contributed by atoms with Gasteiger partial charge in [0.05, 0.1) is 6.42 Å². The Morgan fingerprint density at radius 1 is 1.20 bits per heavy atom. The van der Waals surface area contributed by atoms with E-state index in [1.165, 1.54) is 43.6 Å². The second-order valence-electron chi connectivity index (χ2n) is 9.28. The minimum atomic E-state index is -0.0321. The van der Waals surface area contributed by atoms with E-state index in [0.717, 1.165) is 39.0 Å². The molecule has 3 heterocycles. The van der Waals surface area contributed by atoms with Crippen molar-refractivity contribution in [3.63, 3.8) is 0 Å². The number of hydrogen-bond acceptors (Lipinski definition) is 5. The number of rotatable bonds is 8. The number of piperidine rings is 1. The van der Waals surface area contributed by atoms with E-state index in [9.17, 15) is 9.59 Å². The molecule has 6 heteroatoms. The Kier molecular flexibility index (Phi) is 7.58. The van der Waals surface area contributed by atoms with Crippen molar-refractivity contribution in [3.05, 3.63) is 34.2 Å². The van der Waals surface area contributed by atoms with E-state index in [4.69, 9.17) is 4.74 Å². The van der Waals surface area contributed by atoms with Crippen LogP contribution in [0, 0.1) is 5.92 Å². The fraction of sp³-hybridized carbons (Fsp3) is 0.750. The number of esters is 1. The predicted octanol–water partition coefficient (Wildman–Crippen LogP) is 4.05. The number of thioether (sulfide) groups is 1. The number of nitrogens with zero attached hydrogens (tertiary/aromatic N) is 2. The molecule has 2 fully saturated rings. The Bertz CT molecular complexity index is 780. The zero-order chi connectivity index (χ0) is 20.9. The van der Waals surface area contributed by atoms with Crippen LogP contribution in [0.3, 0.4) is 0 Å². The van der Waals surface area contributed by atoms with Crippen LogP contribution >= 0.6 is 11.8 Å².